The van der Waals surface area contributed by atoms with Gasteiger partial charge in [0.1, 0.15) is 5.75 Å². The Labute approximate surface area is 131 Å². The zero-order valence-electron chi connectivity index (χ0n) is 13.2. The lowest BCUT2D eigenvalue weighted by Crippen LogP contribution is -2.52. The number of hydrogen-bond donors (Lipinski definition) is 0. The van der Waals surface area contributed by atoms with E-state index in [1.165, 1.54) is 0 Å². The Hall–Kier alpha value is -1.59. The zero-order chi connectivity index (χ0) is 15.4. The third-order valence-corrected chi connectivity index (χ3v) is 4.44. The van der Waals surface area contributed by atoms with Gasteiger partial charge in [-0.15, -0.1) is 0 Å². The molecule has 0 aliphatic carbocycles. The normalized spacial score (nSPS) is 22.8. The molecule has 1 amide bonds. The van der Waals surface area contributed by atoms with Gasteiger partial charge in [-0.05, 0) is 25.5 Å². The first-order chi connectivity index (χ1) is 10.8. The van der Waals surface area contributed by atoms with Gasteiger partial charge in [0.15, 0.2) is 0 Å². The molecule has 1 atom stereocenters. The highest BCUT2D eigenvalue weighted by Gasteiger charge is 2.29. The van der Waals surface area contributed by atoms with Crippen LogP contribution in [0, 0.1) is 0 Å². The molecule has 2 saturated heterocycles. The second-order valence-corrected chi connectivity index (χ2v) is 5.77. The number of para-hydroxylation sites is 1. The van der Waals surface area contributed by atoms with Gasteiger partial charge in [0.25, 0.3) is 5.91 Å². The van der Waals surface area contributed by atoms with Crippen LogP contribution in [0.1, 0.15) is 23.7 Å². The van der Waals surface area contributed by atoms with Crippen LogP contribution in [0.5, 0.6) is 5.75 Å². The molecule has 2 heterocycles. The maximum absolute atomic E-state index is 12.7. The van der Waals surface area contributed by atoms with Crippen molar-refractivity contribution in [2.24, 2.45) is 0 Å². The molecule has 1 aromatic carbocycles. The first-order valence-electron chi connectivity index (χ1n) is 8.12. The standard InChI is InChI=1S/C17H24N2O3/c1-2-22-16-6-4-3-5-15(16)17(20)19-10-8-18(9-11-19)14-7-12-21-13-14/h3-6,14H,2,7-13H2,1H3. The molecule has 120 valence electrons. The summed E-state index contributed by atoms with van der Waals surface area (Å²) in [6.07, 6.45) is 1.11. The molecule has 5 heteroatoms. The van der Waals surface area contributed by atoms with Crippen molar-refractivity contribution in [1.29, 1.82) is 0 Å². The maximum atomic E-state index is 12.7. The Morgan fingerprint density at radius 3 is 2.73 bits per heavy atom. The van der Waals surface area contributed by atoms with Gasteiger partial charge in [-0.2, -0.15) is 0 Å². The summed E-state index contributed by atoms with van der Waals surface area (Å²) < 4.78 is 11.0. The summed E-state index contributed by atoms with van der Waals surface area (Å²) in [5.41, 5.74) is 0.669. The van der Waals surface area contributed by atoms with Gasteiger partial charge in [-0.3, -0.25) is 9.69 Å². The lowest BCUT2D eigenvalue weighted by atomic mass is 10.1. The number of carbonyl (C=O) groups excluding carboxylic acids is 1. The van der Waals surface area contributed by atoms with Crippen LogP contribution in [0.2, 0.25) is 0 Å². The van der Waals surface area contributed by atoms with Crippen molar-refractivity contribution in [3.63, 3.8) is 0 Å². The van der Waals surface area contributed by atoms with Crippen LogP contribution in [-0.2, 0) is 4.74 Å². The van der Waals surface area contributed by atoms with Crippen molar-refractivity contribution in [3.8, 4) is 5.75 Å². The summed E-state index contributed by atoms with van der Waals surface area (Å²) in [4.78, 5) is 17.1. The molecule has 1 aromatic rings. The molecule has 0 radical (unpaired) electrons. The predicted molar refractivity (Wildman–Crippen MR) is 84.3 cm³/mol. The lowest BCUT2D eigenvalue weighted by Gasteiger charge is -2.37. The fourth-order valence-electron chi connectivity index (χ4n) is 3.20. The number of carbonyl (C=O) groups is 1. The molecule has 2 fully saturated rings. The summed E-state index contributed by atoms with van der Waals surface area (Å²) in [7, 11) is 0. The largest absolute Gasteiger partial charge is 0.493 e. The topological polar surface area (TPSA) is 42.0 Å². The minimum Gasteiger partial charge on any atom is -0.493 e. The first kappa shape index (κ1) is 15.3. The second kappa shape index (κ2) is 7.11. The Kier molecular flexibility index (Phi) is 4.95. The summed E-state index contributed by atoms with van der Waals surface area (Å²) in [6.45, 7) is 7.61. The Morgan fingerprint density at radius 2 is 2.05 bits per heavy atom. The fraction of sp³-hybridized carbons (Fsp3) is 0.588. The van der Waals surface area contributed by atoms with E-state index in [1.54, 1.807) is 0 Å². The Morgan fingerprint density at radius 1 is 1.27 bits per heavy atom. The number of rotatable bonds is 4. The highest BCUT2D eigenvalue weighted by atomic mass is 16.5. The quantitative estimate of drug-likeness (QED) is 0.848. The van der Waals surface area contributed by atoms with Gasteiger partial charge in [-0.25, -0.2) is 0 Å². The molecular weight excluding hydrogens is 280 g/mol. The van der Waals surface area contributed by atoms with Gasteiger partial charge >= 0.3 is 0 Å². The van der Waals surface area contributed by atoms with Crippen LogP contribution < -0.4 is 4.74 Å². The van der Waals surface area contributed by atoms with Gasteiger partial charge in [0.05, 0.1) is 18.8 Å². The minimum atomic E-state index is 0.0753. The van der Waals surface area contributed by atoms with E-state index in [2.05, 4.69) is 4.90 Å². The number of ether oxygens (including phenoxy) is 2. The minimum absolute atomic E-state index is 0.0753. The number of nitrogens with zero attached hydrogens (tertiary/aromatic N) is 2. The highest BCUT2D eigenvalue weighted by Crippen LogP contribution is 2.21. The van der Waals surface area contributed by atoms with Crippen molar-refractivity contribution >= 4 is 5.91 Å². The van der Waals surface area contributed by atoms with Crippen LogP contribution in [0.25, 0.3) is 0 Å². The first-order valence-corrected chi connectivity index (χ1v) is 8.12. The van der Waals surface area contributed by atoms with Gasteiger partial charge < -0.3 is 14.4 Å². The molecule has 0 N–H and O–H groups in total. The molecule has 0 saturated carbocycles. The molecular formula is C17H24N2O3. The molecule has 1 unspecified atom stereocenters. The van der Waals surface area contributed by atoms with Crippen LogP contribution in [-0.4, -0.2) is 67.7 Å². The summed E-state index contributed by atoms with van der Waals surface area (Å²) in [6, 6.07) is 8.04. The Balaban J connectivity index is 1.62. The van der Waals surface area contributed by atoms with Gasteiger partial charge in [0.2, 0.25) is 0 Å². The summed E-state index contributed by atoms with van der Waals surface area (Å²) in [5.74, 6) is 0.757. The predicted octanol–water partition coefficient (Wildman–Crippen LogP) is 1.63. The third kappa shape index (κ3) is 3.25. The van der Waals surface area contributed by atoms with E-state index in [0.717, 1.165) is 45.8 Å². The van der Waals surface area contributed by atoms with E-state index in [0.29, 0.717) is 24.0 Å². The monoisotopic (exact) mass is 304 g/mol. The second-order valence-electron chi connectivity index (χ2n) is 5.77. The maximum Gasteiger partial charge on any atom is 0.257 e. The fourth-order valence-corrected chi connectivity index (χ4v) is 3.20. The molecule has 2 aliphatic rings. The molecule has 2 aliphatic heterocycles. The molecule has 22 heavy (non-hydrogen) atoms. The molecule has 0 aromatic heterocycles. The van der Waals surface area contributed by atoms with Crippen LogP contribution in [0.4, 0.5) is 0 Å². The van der Waals surface area contributed by atoms with E-state index in [-0.39, 0.29) is 5.91 Å². The van der Waals surface area contributed by atoms with Crippen molar-refractivity contribution in [3.05, 3.63) is 29.8 Å². The smallest absolute Gasteiger partial charge is 0.257 e. The lowest BCUT2D eigenvalue weighted by molar-refractivity contribution is 0.0546. The molecule has 0 spiro atoms. The number of hydrogen-bond acceptors (Lipinski definition) is 4. The van der Waals surface area contributed by atoms with Crippen LogP contribution in [0.15, 0.2) is 24.3 Å². The van der Waals surface area contributed by atoms with E-state index < -0.39 is 0 Å². The molecule has 3 rings (SSSR count). The van der Waals surface area contributed by atoms with Gasteiger partial charge in [0, 0.05) is 38.8 Å². The Bertz CT molecular complexity index is 506. The highest BCUT2D eigenvalue weighted by molar-refractivity contribution is 5.97. The van der Waals surface area contributed by atoms with E-state index in [4.69, 9.17) is 9.47 Å². The summed E-state index contributed by atoms with van der Waals surface area (Å²) >= 11 is 0. The van der Waals surface area contributed by atoms with E-state index in [9.17, 15) is 4.79 Å². The van der Waals surface area contributed by atoms with E-state index >= 15 is 0 Å². The number of amides is 1. The van der Waals surface area contributed by atoms with Crippen LogP contribution in [0.3, 0.4) is 0 Å². The van der Waals surface area contributed by atoms with Crippen molar-refractivity contribution in [1.82, 2.24) is 9.80 Å². The van der Waals surface area contributed by atoms with Crippen molar-refractivity contribution < 1.29 is 14.3 Å². The van der Waals surface area contributed by atoms with Gasteiger partial charge in [-0.1, -0.05) is 12.1 Å². The molecule has 0 bridgehead atoms. The molecule has 5 nitrogen and oxygen atoms in total. The average Bonchev–Trinajstić information content (AvgIpc) is 3.10. The third-order valence-electron chi connectivity index (χ3n) is 4.44. The van der Waals surface area contributed by atoms with Crippen molar-refractivity contribution in [2.45, 2.75) is 19.4 Å². The van der Waals surface area contributed by atoms with Crippen LogP contribution >= 0.6 is 0 Å². The summed E-state index contributed by atoms with van der Waals surface area (Å²) in [5, 5.41) is 0. The number of piperazine rings is 1. The zero-order valence-corrected chi connectivity index (χ0v) is 13.2. The average molecular weight is 304 g/mol. The number of benzene rings is 1. The van der Waals surface area contributed by atoms with Crippen molar-refractivity contribution in [2.75, 3.05) is 46.0 Å². The SMILES string of the molecule is CCOc1ccccc1C(=O)N1CCN(C2CCOC2)CC1. The van der Waals surface area contributed by atoms with E-state index in [1.807, 2.05) is 36.1 Å².